The van der Waals surface area contributed by atoms with Crippen LogP contribution in [-0.4, -0.2) is 82.5 Å². The summed E-state index contributed by atoms with van der Waals surface area (Å²) < 4.78 is 0. The molecule has 0 aromatic carbocycles. The summed E-state index contributed by atoms with van der Waals surface area (Å²) in [6.07, 6.45) is -1.13. The van der Waals surface area contributed by atoms with Gasteiger partial charge in [0, 0.05) is 6.54 Å². The number of nitrogens with two attached hydrogens (primary N) is 4. The van der Waals surface area contributed by atoms with E-state index in [0.29, 0.717) is 0 Å². The second-order valence-corrected chi connectivity index (χ2v) is 8.47. The van der Waals surface area contributed by atoms with Crippen LogP contribution in [0.3, 0.4) is 0 Å². The van der Waals surface area contributed by atoms with E-state index in [1.165, 1.54) is 0 Å². The first kappa shape index (κ1) is 32.0. The van der Waals surface area contributed by atoms with Gasteiger partial charge >= 0.3 is 11.9 Å². The summed E-state index contributed by atoms with van der Waals surface area (Å²) in [6.45, 7) is 3.58. The first-order chi connectivity index (χ1) is 16.6. The third-order valence-electron chi connectivity index (χ3n) is 4.67. The van der Waals surface area contributed by atoms with Crippen molar-refractivity contribution in [2.45, 2.75) is 70.1 Å². The Hall–Kier alpha value is -3.95. The lowest BCUT2D eigenvalue weighted by Gasteiger charge is -2.25. The standard InChI is InChI=1S/C20H36N8O8/c1-9(2)6-13(19(35)36)28-18(34)12(8-14(22)29)27-17(33)11(4-3-5-25-20(23)24)26-16(32)10(21)7-15(30)31/h9-13H,3-8,21H2,1-2H3,(H2,22,29)(H,26,32)(H,27,33)(H,28,34)(H,30,31)(H,35,36)(H4,23,24,25). The van der Waals surface area contributed by atoms with Crippen LogP contribution < -0.4 is 38.9 Å². The molecule has 36 heavy (non-hydrogen) atoms. The van der Waals surface area contributed by atoms with Crippen molar-refractivity contribution in [2.24, 2.45) is 33.8 Å². The maximum Gasteiger partial charge on any atom is 0.326 e. The number of carboxylic acids is 2. The van der Waals surface area contributed by atoms with E-state index in [2.05, 4.69) is 20.9 Å². The van der Waals surface area contributed by atoms with Crippen molar-refractivity contribution in [3.63, 3.8) is 0 Å². The highest BCUT2D eigenvalue weighted by Crippen LogP contribution is 2.07. The number of rotatable bonds is 17. The van der Waals surface area contributed by atoms with E-state index in [1.54, 1.807) is 13.8 Å². The molecule has 0 fully saturated rings. The van der Waals surface area contributed by atoms with Crippen molar-refractivity contribution in [3.05, 3.63) is 0 Å². The molecule has 16 heteroatoms. The molecule has 204 valence electrons. The third kappa shape index (κ3) is 13.7. The fourth-order valence-corrected chi connectivity index (χ4v) is 2.98. The number of carboxylic acid groups (broad SMARTS) is 2. The normalized spacial score (nSPS) is 14.0. The van der Waals surface area contributed by atoms with Crippen LogP contribution in [0.1, 0.15) is 46.0 Å². The van der Waals surface area contributed by atoms with E-state index in [4.69, 9.17) is 28.0 Å². The maximum atomic E-state index is 12.9. The molecule has 0 radical (unpaired) electrons. The van der Waals surface area contributed by atoms with Crippen LogP contribution in [0.25, 0.3) is 0 Å². The topological polar surface area (TPSA) is 295 Å². The SMILES string of the molecule is CC(C)CC(NC(=O)C(CC(N)=O)NC(=O)C(CCCN=C(N)N)NC(=O)C(N)CC(=O)O)C(=O)O. The second kappa shape index (κ2) is 15.9. The van der Waals surface area contributed by atoms with Crippen LogP contribution >= 0.6 is 0 Å². The summed E-state index contributed by atoms with van der Waals surface area (Å²) >= 11 is 0. The van der Waals surface area contributed by atoms with Gasteiger partial charge in [-0.15, -0.1) is 0 Å². The van der Waals surface area contributed by atoms with Gasteiger partial charge in [-0.2, -0.15) is 0 Å². The summed E-state index contributed by atoms with van der Waals surface area (Å²) in [7, 11) is 0. The van der Waals surface area contributed by atoms with Crippen molar-refractivity contribution < 1.29 is 39.0 Å². The zero-order chi connectivity index (χ0) is 28.0. The molecule has 16 nitrogen and oxygen atoms in total. The van der Waals surface area contributed by atoms with E-state index in [-0.39, 0.29) is 37.7 Å². The summed E-state index contributed by atoms with van der Waals surface area (Å²) in [5.41, 5.74) is 21.2. The Morgan fingerprint density at radius 3 is 1.81 bits per heavy atom. The van der Waals surface area contributed by atoms with Gasteiger partial charge in [-0.1, -0.05) is 13.8 Å². The molecule has 0 heterocycles. The van der Waals surface area contributed by atoms with E-state index in [9.17, 15) is 33.9 Å². The number of carbonyl (C=O) groups excluding carboxylic acids is 4. The average molecular weight is 517 g/mol. The molecule has 0 saturated heterocycles. The van der Waals surface area contributed by atoms with E-state index in [1.807, 2.05) is 0 Å². The minimum absolute atomic E-state index is 0.0514. The lowest BCUT2D eigenvalue weighted by molar-refractivity contribution is -0.143. The van der Waals surface area contributed by atoms with Crippen LogP contribution in [0, 0.1) is 5.92 Å². The Bertz CT molecular complexity index is 844. The molecule has 4 atom stereocenters. The van der Waals surface area contributed by atoms with Gasteiger partial charge in [-0.05, 0) is 25.2 Å². The molecule has 0 aromatic heterocycles. The quantitative estimate of drug-likeness (QED) is 0.0514. The smallest absolute Gasteiger partial charge is 0.326 e. The van der Waals surface area contributed by atoms with Crippen molar-refractivity contribution in [2.75, 3.05) is 6.54 Å². The Morgan fingerprint density at radius 1 is 0.806 bits per heavy atom. The largest absolute Gasteiger partial charge is 0.481 e. The van der Waals surface area contributed by atoms with Crippen molar-refractivity contribution in [1.29, 1.82) is 0 Å². The molecule has 4 amide bonds. The van der Waals surface area contributed by atoms with Gasteiger partial charge < -0.3 is 49.1 Å². The summed E-state index contributed by atoms with van der Waals surface area (Å²) in [6, 6.07) is -5.61. The van der Waals surface area contributed by atoms with Crippen LogP contribution in [0.4, 0.5) is 0 Å². The molecule has 13 N–H and O–H groups in total. The van der Waals surface area contributed by atoms with E-state index in [0.717, 1.165) is 0 Å². The maximum absolute atomic E-state index is 12.9. The number of hydrogen-bond donors (Lipinski definition) is 9. The molecule has 0 saturated carbocycles. The molecule has 0 aliphatic rings. The van der Waals surface area contributed by atoms with Crippen molar-refractivity contribution in [3.8, 4) is 0 Å². The van der Waals surface area contributed by atoms with E-state index < -0.39 is 72.6 Å². The minimum atomic E-state index is -1.55. The molecular formula is C20H36N8O8. The summed E-state index contributed by atoms with van der Waals surface area (Å²) in [5.74, 6) is -6.72. The number of amides is 4. The predicted molar refractivity (Wildman–Crippen MR) is 127 cm³/mol. The Balaban J connectivity index is 5.65. The van der Waals surface area contributed by atoms with Crippen LogP contribution in [-0.2, 0) is 28.8 Å². The number of aliphatic imine (C=N–C) groups is 1. The first-order valence-electron chi connectivity index (χ1n) is 11.1. The van der Waals surface area contributed by atoms with Gasteiger partial charge in [0.25, 0.3) is 0 Å². The minimum Gasteiger partial charge on any atom is -0.481 e. The zero-order valence-corrected chi connectivity index (χ0v) is 20.2. The van der Waals surface area contributed by atoms with Crippen molar-refractivity contribution >= 4 is 41.5 Å². The average Bonchev–Trinajstić information content (AvgIpc) is 2.73. The number of aliphatic carboxylic acids is 2. The van der Waals surface area contributed by atoms with Gasteiger partial charge in [0.2, 0.25) is 23.6 Å². The fraction of sp³-hybridized carbons (Fsp3) is 0.650. The number of guanidine groups is 1. The molecular weight excluding hydrogens is 480 g/mol. The molecule has 0 aliphatic carbocycles. The molecule has 0 rings (SSSR count). The Morgan fingerprint density at radius 2 is 1.33 bits per heavy atom. The molecule has 0 bridgehead atoms. The third-order valence-corrected chi connectivity index (χ3v) is 4.67. The van der Waals surface area contributed by atoms with Gasteiger partial charge in [-0.3, -0.25) is 29.0 Å². The predicted octanol–water partition coefficient (Wildman–Crippen LogP) is -3.70. The van der Waals surface area contributed by atoms with Crippen LogP contribution in [0.2, 0.25) is 0 Å². The van der Waals surface area contributed by atoms with Crippen LogP contribution in [0.5, 0.6) is 0 Å². The number of hydrogen-bond acceptors (Lipinski definition) is 8. The number of carbonyl (C=O) groups is 6. The van der Waals surface area contributed by atoms with Gasteiger partial charge in [0.15, 0.2) is 5.96 Å². The summed E-state index contributed by atoms with van der Waals surface area (Å²) in [4.78, 5) is 75.5. The second-order valence-electron chi connectivity index (χ2n) is 8.47. The van der Waals surface area contributed by atoms with Crippen LogP contribution in [0.15, 0.2) is 4.99 Å². The molecule has 4 unspecified atom stereocenters. The highest BCUT2D eigenvalue weighted by molar-refractivity contribution is 5.96. The number of nitrogens with zero attached hydrogens (tertiary/aromatic N) is 1. The molecule has 0 aliphatic heterocycles. The van der Waals surface area contributed by atoms with Crippen molar-refractivity contribution in [1.82, 2.24) is 16.0 Å². The highest BCUT2D eigenvalue weighted by Gasteiger charge is 2.31. The molecule has 0 spiro atoms. The first-order valence-corrected chi connectivity index (χ1v) is 11.1. The monoisotopic (exact) mass is 516 g/mol. The molecule has 0 aromatic rings. The van der Waals surface area contributed by atoms with Gasteiger partial charge in [0.05, 0.1) is 18.9 Å². The summed E-state index contributed by atoms with van der Waals surface area (Å²) in [5, 5.41) is 25.0. The Labute approximate surface area is 207 Å². The highest BCUT2D eigenvalue weighted by atomic mass is 16.4. The number of nitrogens with one attached hydrogen (secondary N) is 3. The Kier molecular flexibility index (Phi) is 14.1. The van der Waals surface area contributed by atoms with E-state index >= 15 is 0 Å². The van der Waals surface area contributed by atoms with Gasteiger partial charge in [-0.25, -0.2) is 4.79 Å². The van der Waals surface area contributed by atoms with Gasteiger partial charge in [0.1, 0.15) is 18.1 Å². The lowest BCUT2D eigenvalue weighted by Crippen LogP contribution is -2.58. The number of primary amides is 1. The fourth-order valence-electron chi connectivity index (χ4n) is 2.98. The lowest BCUT2D eigenvalue weighted by atomic mass is 10.0. The zero-order valence-electron chi connectivity index (χ0n) is 20.2.